The number of benzene rings is 1. The number of aryl methyl sites for hydroxylation is 1. The SMILES string of the molecule is CN([C@H]1CCc2ccccc21)S(C)(=O)=O. The van der Waals surface area contributed by atoms with Gasteiger partial charge in [-0.3, -0.25) is 0 Å². The molecule has 1 aliphatic rings. The smallest absolute Gasteiger partial charge is 0.211 e. The molecule has 1 aromatic rings. The molecule has 0 bridgehead atoms. The van der Waals surface area contributed by atoms with Crippen molar-refractivity contribution in [1.82, 2.24) is 4.31 Å². The number of nitrogens with zero attached hydrogens (tertiary/aromatic N) is 1. The first kappa shape index (κ1) is 10.6. The lowest BCUT2D eigenvalue weighted by Gasteiger charge is -2.22. The van der Waals surface area contributed by atoms with Gasteiger partial charge in [-0.25, -0.2) is 8.42 Å². The summed E-state index contributed by atoms with van der Waals surface area (Å²) in [6.45, 7) is 0. The van der Waals surface area contributed by atoms with Crippen molar-refractivity contribution in [3.05, 3.63) is 35.4 Å². The van der Waals surface area contributed by atoms with Crippen molar-refractivity contribution in [2.24, 2.45) is 0 Å². The fourth-order valence-electron chi connectivity index (χ4n) is 2.14. The Balaban J connectivity index is 2.36. The Bertz CT molecular complexity index is 467. The van der Waals surface area contributed by atoms with Crippen LogP contribution in [0.2, 0.25) is 0 Å². The number of hydrogen-bond acceptors (Lipinski definition) is 2. The fourth-order valence-corrected chi connectivity index (χ4v) is 2.82. The summed E-state index contributed by atoms with van der Waals surface area (Å²) in [5.41, 5.74) is 2.43. The van der Waals surface area contributed by atoms with Gasteiger partial charge in [0.1, 0.15) is 0 Å². The predicted molar refractivity (Wildman–Crippen MR) is 60.1 cm³/mol. The molecule has 0 saturated carbocycles. The van der Waals surface area contributed by atoms with Gasteiger partial charge >= 0.3 is 0 Å². The largest absolute Gasteiger partial charge is 0.212 e. The molecule has 0 N–H and O–H groups in total. The molecule has 0 heterocycles. The third-order valence-corrected chi connectivity index (χ3v) is 4.36. The maximum absolute atomic E-state index is 11.5. The van der Waals surface area contributed by atoms with Crippen molar-refractivity contribution in [1.29, 1.82) is 0 Å². The second-order valence-corrected chi connectivity index (χ2v) is 6.07. The lowest BCUT2D eigenvalue weighted by molar-refractivity contribution is 0.377. The summed E-state index contributed by atoms with van der Waals surface area (Å²) in [7, 11) is -1.44. The van der Waals surface area contributed by atoms with Crippen LogP contribution in [0.15, 0.2) is 24.3 Å². The van der Waals surface area contributed by atoms with E-state index in [0.29, 0.717) is 0 Å². The minimum atomic E-state index is -3.10. The maximum Gasteiger partial charge on any atom is 0.211 e. The molecular weight excluding hydrogens is 210 g/mol. The van der Waals surface area contributed by atoms with Crippen molar-refractivity contribution in [3.8, 4) is 0 Å². The summed E-state index contributed by atoms with van der Waals surface area (Å²) in [5, 5.41) is 0. The molecular formula is C11H15NO2S. The lowest BCUT2D eigenvalue weighted by Crippen LogP contribution is -2.28. The quantitative estimate of drug-likeness (QED) is 0.766. The van der Waals surface area contributed by atoms with E-state index in [1.165, 1.54) is 16.1 Å². The second kappa shape index (κ2) is 3.61. The first-order valence-electron chi connectivity index (χ1n) is 5.01. The van der Waals surface area contributed by atoms with Crippen molar-refractivity contribution in [2.45, 2.75) is 18.9 Å². The molecule has 82 valence electrons. The van der Waals surface area contributed by atoms with Crippen LogP contribution in [-0.2, 0) is 16.4 Å². The average Bonchev–Trinajstić information content (AvgIpc) is 2.58. The van der Waals surface area contributed by atoms with E-state index in [2.05, 4.69) is 6.07 Å². The van der Waals surface area contributed by atoms with Crippen LogP contribution in [0, 0.1) is 0 Å². The zero-order valence-electron chi connectivity index (χ0n) is 8.97. The lowest BCUT2D eigenvalue weighted by atomic mass is 10.1. The molecule has 1 atom stereocenters. The van der Waals surface area contributed by atoms with Gasteiger partial charge in [0.25, 0.3) is 0 Å². The summed E-state index contributed by atoms with van der Waals surface area (Å²) in [6.07, 6.45) is 3.12. The van der Waals surface area contributed by atoms with Gasteiger partial charge in [-0.15, -0.1) is 0 Å². The van der Waals surface area contributed by atoms with E-state index in [-0.39, 0.29) is 6.04 Å². The molecule has 0 unspecified atom stereocenters. The highest BCUT2D eigenvalue weighted by atomic mass is 32.2. The van der Waals surface area contributed by atoms with E-state index in [1.807, 2.05) is 18.2 Å². The van der Waals surface area contributed by atoms with Crippen LogP contribution in [0.1, 0.15) is 23.6 Å². The Kier molecular flexibility index (Phi) is 2.56. The van der Waals surface area contributed by atoms with Crippen molar-refractivity contribution in [2.75, 3.05) is 13.3 Å². The average molecular weight is 225 g/mol. The molecule has 3 nitrogen and oxygen atoms in total. The van der Waals surface area contributed by atoms with E-state index < -0.39 is 10.0 Å². The monoisotopic (exact) mass is 225 g/mol. The minimum Gasteiger partial charge on any atom is -0.212 e. The van der Waals surface area contributed by atoms with Crippen LogP contribution in [-0.4, -0.2) is 26.0 Å². The number of rotatable bonds is 2. The van der Waals surface area contributed by atoms with Crippen LogP contribution in [0.3, 0.4) is 0 Å². The first-order valence-corrected chi connectivity index (χ1v) is 6.86. The van der Waals surface area contributed by atoms with E-state index in [0.717, 1.165) is 18.4 Å². The summed E-state index contributed by atoms with van der Waals surface area (Å²) in [5.74, 6) is 0. The number of hydrogen-bond donors (Lipinski definition) is 0. The molecule has 0 spiro atoms. The number of fused-ring (bicyclic) bond motifs is 1. The highest BCUT2D eigenvalue weighted by molar-refractivity contribution is 7.88. The van der Waals surface area contributed by atoms with Gasteiger partial charge in [0, 0.05) is 13.1 Å². The van der Waals surface area contributed by atoms with Gasteiger partial charge in [0.2, 0.25) is 10.0 Å². The summed E-state index contributed by atoms with van der Waals surface area (Å²) < 4.78 is 24.4. The summed E-state index contributed by atoms with van der Waals surface area (Å²) >= 11 is 0. The van der Waals surface area contributed by atoms with Gasteiger partial charge in [-0.2, -0.15) is 4.31 Å². The first-order chi connectivity index (χ1) is 7.00. The molecule has 4 heteroatoms. The Morgan fingerprint density at radius 1 is 1.33 bits per heavy atom. The standard InChI is InChI=1S/C11H15NO2S/c1-12(15(2,13)14)11-8-7-9-5-3-4-6-10(9)11/h3-6,11H,7-8H2,1-2H3/t11-/m0/s1. The van der Waals surface area contributed by atoms with E-state index >= 15 is 0 Å². The van der Waals surface area contributed by atoms with Crippen LogP contribution >= 0.6 is 0 Å². The highest BCUT2D eigenvalue weighted by Gasteiger charge is 2.29. The molecule has 0 aliphatic heterocycles. The van der Waals surface area contributed by atoms with Crippen molar-refractivity contribution in [3.63, 3.8) is 0 Å². The zero-order valence-corrected chi connectivity index (χ0v) is 9.79. The molecule has 0 saturated heterocycles. The molecule has 1 aromatic carbocycles. The molecule has 0 amide bonds. The Hall–Kier alpha value is -0.870. The third-order valence-electron chi connectivity index (χ3n) is 3.06. The van der Waals surface area contributed by atoms with Crippen LogP contribution in [0.25, 0.3) is 0 Å². The van der Waals surface area contributed by atoms with E-state index in [4.69, 9.17) is 0 Å². The van der Waals surface area contributed by atoms with Gasteiger partial charge in [-0.05, 0) is 24.0 Å². The van der Waals surface area contributed by atoms with Gasteiger partial charge in [-0.1, -0.05) is 24.3 Å². The summed E-state index contributed by atoms with van der Waals surface area (Å²) in [6, 6.07) is 8.09. The molecule has 15 heavy (non-hydrogen) atoms. The Morgan fingerprint density at radius 3 is 2.67 bits per heavy atom. The topological polar surface area (TPSA) is 37.4 Å². The maximum atomic E-state index is 11.5. The van der Waals surface area contributed by atoms with Gasteiger partial charge in [0.05, 0.1) is 6.26 Å². The Morgan fingerprint density at radius 2 is 2.00 bits per heavy atom. The van der Waals surface area contributed by atoms with Gasteiger partial charge in [0.15, 0.2) is 0 Å². The predicted octanol–water partition coefficient (Wildman–Crippen LogP) is 1.57. The molecule has 1 aliphatic carbocycles. The van der Waals surface area contributed by atoms with E-state index in [1.54, 1.807) is 7.05 Å². The molecule has 2 rings (SSSR count). The van der Waals surface area contributed by atoms with Crippen LogP contribution < -0.4 is 0 Å². The molecule has 0 aromatic heterocycles. The number of sulfonamides is 1. The fraction of sp³-hybridized carbons (Fsp3) is 0.455. The third kappa shape index (κ3) is 1.92. The van der Waals surface area contributed by atoms with Crippen molar-refractivity contribution < 1.29 is 8.42 Å². The van der Waals surface area contributed by atoms with Crippen LogP contribution in [0.4, 0.5) is 0 Å². The molecule has 0 fully saturated rings. The molecule has 0 radical (unpaired) electrons. The minimum absolute atomic E-state index is 0.0243. The van der Waals surface area contributed by atoms with Gasteiger partial charge < -0.3 is 0 Å². The summed E-state index contributed by atoms with van der Waals surface area (Å²) in [4.78, 5) is 0. The Labute approximate surface area is 90.8 Å². The zero-order chi connectivity index (χ0) is 11.1. The highest BCUT2D eigenvalue weighted by Crippen LogP contribution is 2.35. The van der Waals surface area contributed by atoms with E-state index in [9.17, 15) is 8.42 Å². The normalized spacial score (nSPS) is 20.6. The van der Waals surface area contributed by atoms with Crippen molar-refractivity contribution >= 4 is 10.0 Å². The second-order valence-electron chi connectivity index (χ2n) is 4.03. The van der Waals surface area contributed by atoms with Crippen LogP contribution in [0.5, 0.6) is 0 Å².